The maximum atomic E-state index is 11.5. The molecule has 2 aromatic carbocycles. The molecule has 0 aliphatic carbocycles. The first-order valence-corrected chi connectivity index (χ1v) is 10.3. The number of primary amides is 1. The zero-order chi connectivity index (χ0) is 21.1. The van der Waals surface area contributed by atoms with Gasteiger partial charge < -0.3 is 15.8 Å². The summed E-state index contributed by atoms with van der Waals surface area (Å²) in [6, 6.07) is 13.3. The van der Waals surface area contributed by atoms with E-state index in [0.717, 1.165) is 12.2 Å². The standard InChI is InChI=1S/C23H27N5O2/c1-15(21-19-13-17(22(24)29)7-10-20(19)25-23(21)30)26-27-18-8-5-16(6-9-18)14-28-11-3-2-4-12-28/h5-10,13,25,27,30H,2-4,11-12,14H2,1H3,(H2,24,29)/b26-15+. The van der Waals surface area contributed by atoms with E-state index in [1.54, 1.807) is 25.1 Å². The molecule has 0 unspecified atom stereocenters. The Kier molecular flexibility index (Phi) is 5.72. The Labute approximate surface area is 175 Å². The molecule has 0 atom stereocenters. The molecule has 0 saturated carbocycles. The summed E-state index contributed by atoms with van der Waals surface area (Å²) in [7, 11) is 0. The number of anilines is 1. The van der Waals surface area contributed by atoms with Crippen molar-refractivity contribution in [2.75, 3.05) is 18.5 Å². The van der Waals surface area contributed by atoms with E-state index in [-0.39, 0.29) is 5.88 Å². The largest absolute Gasteiger partial charge is 0.494 e. The van der Waals surface area contributed by atoms with Crippen molar-refractivity contribution in [2.45, 2.75) is 32.7 Å². The highest BCUT2D eigenvalue weighted by Crippen LogP contribution is 2.29. The van der Waals surface area contributed by atoms with E-state index < -0.39 is 5.91 Å². The average Bonchev–Trinajstić information content (AvgIpc) is 3.08. The number of carbonyl (C=O) groups is 1. The molecule has 3 aromatic rings. The molecule has 7 nitrogen and oxygen atoms in total. The summed E-state index contributed by atoms with van der Waals surface area (Å²) >= 11 is 0. The Morgan fingerprint density at radius 2 is 1.90 bits per heavy atom. The fourth-order valence-electron chi connectivity index (χ4n) is 3.96. The van der Waals surface area contributed by atoms with Crippen molar-refractivity contribution in [1.82, 2.24) is 9.88 Å². The topological polar surface area (TPSA) is 107 Å². The summed E-state index contributed by atoms with van der Waals surface area (Å²) in [5.74, 6) is -0.507. The van der Waals surface area contributed by atoms with Crippen molar-refractivity contribution in [2.24, 2.45) is 10.8 Å². The minimum Gasteiger partial charge on any atom is -0.494 e. The third-order valence-electron chi connectivity index (χ3n) is 5.59. The predicted molar refractivity (Wildman–Crippen MR) is 120 cm³/mol. The van der Waals surface area contributed by atoms with Crippen LogP contribution in [-0.4, -0.2) is 39.7 Å². The molecule has 1 amide bonds. The number of rotatable bonds is 6. The van der Waals surface area contributed by atoms with E-state index in [4.69, 9.17) is 5.73 Å². The van der Waals surface area contributed by atoms with E-state index in [1.807, 2.05) is 12.1 Å². The van der Waals surface area contributed by atoms with E-state index in [1.165, 1.54) is 37.9 Å². The van der Waals surface area contributed by atoms with Crippen molar-refractivity contribution < 1.29 is 9.90 Å². The molecular weight excluding hydrogens is 378 g/mol. The average molecular weight is 406 g/mol. The highest BCUT2D eigenvalue weighted by Gasteiger charge is 2.15. The number of H-pyrrole nitrogens is 1. The van der Waals surface area contributed by atoms with Gasteiger partial charge in [-0.05, 0) is 68.8 Å². The van der Waals surface area contributed by atoms with Crippen molar-refractivity contribution in [1.29, 1.82) is 0 Å². The van der Waals surface area contributed by atoms with Crippen LogP contribution in [0, 0.1) is 0 Å². The van der Waals surface area contributed by atoms with Crippen LogP contribution in [0.1, 0.15) is 47.7 Å². The molecule has 1 fully saturated rings. The molecule has 0 radical (unpaired) electrons. The smallest absolute Gasteiger partial charge is 0.248 e. The second-order valence-electron chi connectivity index (χ2n) is 7.82. The van der Waals surface area contributed by atoms with Crippen LogP contribution in [0.4, 0.5) is 5.69 Å². The molecule has 0 spiro atoms. The minimum absolute atomic E-state index is 0.00606. The number of nitrogens with zero attached hydrogens (tertiary/aromatic N) is 2. The second kappa shape index (κ2) is 8.59. The van der Waals surface area contributed by atoms with E-state index >= 15 is 0 Å². The molecule has 1 aliphatic rings. The zero-order valence-corrected chi connectivity index (χ0v) is 17.1. The number of likely N-dealkylation sites (tertiary alicyclic amines) is 1. The van der Waals surface area contributed by atoms with Crippen LogP contribution in [0.2, 0.25) is 0 Å². The van der Waals surface area contributed by atoms with Gasteiger partial charge in [0.2, 0.25) is 5.91 Å². The molecular formula is C23H27N5O2. The number of fused-ring (bicyclic) bond motifs is 1. The van der Waals surface area contributed by atoms with Gasteiger partial charge in [0.15, 0.2) is 5.88 Å². The Morgan fingerprint density at radius 3 is 2.60 bits per heavy atom. The number of nitrogens with two attached hydrogens (primary N) is 1. The highest BCUT2D eigenvalue weighted by atomic mass is 16.3. The van der Waals surface area contributed by atoms with Gasteiger partial charge in [0.05, 0.1) is 17.0 Å². The second-order valence-corrected chi connectivity index (χ2v) is 7.82. The number of aromatic hydroxyl groups is 1. The van der Waals surface area contributed by atoms with Crippen molar-refractivity contribution >= 4 is 28.2 Å². The van der Waals surface area contributed by atoms with Crippen LogP contribution in [0.5, 0.6) is 5.88 Å². The minimum atomic E-state index is -0.513. The van der Waals surface area contributed by atoms with Crippen LogP contribution in [0.3, 0.4) is 0 Å². The molecule has 7 heteroatoms. The van der Waals surface area contributed by atoms with Gasteiger partial charge in [0.1, 0.15) is 0 Å². The summed E-state index contributed by atoms with van der Waals surface area (Å²) in [6.45, 7) is 5.13. The normalized spacial score (nSPS) is 15.4. The Bertz CT molecular complexity index is 1080. The van der Waals surface area contributed by atoms with Gasteiger partial charge in [-0.3, -0.25) is 15.1 Å². The first kappa shape index (κ1) is 20.0. The maximum Gasteiger partial charge on any atom is 0.248 e. The highest BCUT2D eigenvalue weighted by molar-refractivity contribution is 6.13. The van der Waals surface area contributed by atoms with Crippen LogP contribution >= 0.6 is 0 Å². The zero-order valence-electron chi connectivity index (χ0n) is 17.1. The maximum absolute atomic E-state index is 11.5. The van der Waals surface area contributed by atoms with Gasteiger partial charge in [-0.2, -0.15) is 5.10 Å². The van der Waals surface area contributed by atoms with E-state index in [0.29, 0.717) is 27.7 Å². The molecule has 1 aliphatic heterocycles. The van der Waals surface area contributed by atoms with E-state index in [2.05, 4.69) is 32.5 Å². The lowest BCUT2D eigenvalue weighted by molar-refractivity contribution is 0.100. The number of aromatic nitrogens is 1. The lowest BCUT2D eigenvalue weighted by atomic mass is 10.1. The Morgan fingerprint density at radius 1 is 1.17 bits per heavy atom. The lowest BCUT2D eigenvalue weighted by Crippen LogP contribution is -2.29. The Hall–Kier alpha value is -3.32. The molecule has 2 heterocycles. The molecule has 1 saturated heterocycles. The van der Waals surface area contributed by atoms with Gasteiger partial charge in [-0.25, -0.2) is 0 Å². The number of aromatic amines is 1. The fraction of sp³-hybridized carbons (Fsp3) is 0.304. The third kappa shape index (κ3) is 4.31. The number of piperidine rings is 1. The SMILES string of the molecule is C/C(=N\Nc1ccc(CN2CCCCC2)cc1)c1c(O)[nH]c2ccc(C(N)=O)cc12. The van der Waals surface area contributed by atoms with Crippen molar-refractivity contribution in [3.8, 4) is 5.88 Å². The molecule has 4 rings (SSSR count). The number of nitrogens with one attached hydrogen (secondary N) is 2. The quantitative estimate of drug-likeness (QED) is 0.370. The first-order valence-electron chi connectivity index (χ1n) is 10.3. The number of hydrazone groups is 1. The monoisotopic (exact) mass is 405 g/mol. The summed E-state index contributed by atoms with van der Waals surface area (Å²) in [6.07, 6.45) is 3.91. The van der Waals surface area contributed by atoms with Gasteiger partial charge in [0.25, 0.3) is 0 Å². The van der Waals surface area contributed by atoms with Crippen molar-refractivity contribution in [3.63, 3.8) is 0 Å². The lowest BCUT2D eigenvalue weighted by Gasteiger charge is -2.26. The third-order valence-corrected chi connectivity index (χ3v) is 5.59. The van der Waals surface area contributed by atoms with Crippen LogP contribution in [0.25, 0.3) is 10.9 Å². The van der Waals surface area contributed by atoms with Crippen LogP contribution in [0.15, 0.2) is 47.6 Å². The van der Waals surface area contributed by atoms with E-state index in [9.17, 15) is 9.90 Å². The van der Waals surface area contributed by atoms with Gasteiger partial charge >= 0.3 is 0 Å². The van der Waals surface area contributed by atoms with Gasteiger partial charge in [0, 0.05) is 23.0 Å². The molecule has 0 bridgehead atoms. The first-order chi connectivity index (χ1) is 14.5. The molecule has 30 heavy (non-hydrogen) atoms. The number of amides is 1. The van der Waals surface area contributed by atoms with Crippen LogP contribution in [-0.2, 0) is 6.54 Å². The van der Waals surface area contributed by atoms with Crippen LogP contribution < -0.4 is 11.2 Å². The number of benzene rings is 2. The number of hydrogen-bond donors (Lipinski definition) is 4. The fourth-order valence-corrected chi connectivity index (χ4v) is 3.96. The van der Waals surface area contributed by atoms with Gasteiger partial charge in [-0.15, -0.1) is 0 Å². The predicted octanol–water partition coefficient (Wildman–Crippen LogP) is 3.79. The molecule has 156 valence electrons. The summed E-state index contributed by atoms with van der Waals surface area (Å²) in [5, 5.41) is 15.5. The number of carbonyl (C=O) groups excluding carboxylic acids is 1. The summed E-state index contributed by atoms with van der Waals surface area (Å²) < 4.78 is 0. The van der Waals surface area contributed by atoms with Crippen molar-refractivity contribution in [3.05, 3.63) is 59.2 Å². The number of hydrogen-bond acceptors (Lipinski definition) is 5. The van der Waals surface area contributed by atoms with Gasteiger partial charge in [-0.1, -0.05) is 18.6 Å². The molecule has 5 N–H and O–H groups in total. The summed E-state index contributed by atoms with van der Waals surface area (Å²) in [5.41, 5.74) is 12.8. The summed E-state index contributed by atoms with van der Waals surface area (Å²) in [4.78, 5) is 16.9. The molecule has 1 aromatic heterocycles. The Balaban J connectivity index is 1.49.